The number of hydrogen-bond donors (Lipinski definition) is 1. The van der Waals surface area contributed by atoms with Crippen LogP contribution in [0.4, 0.5) is 0 Å². The van der Waals surface area contributed by atoms with Gasteiger partial charge in [-0.3, -0.25) is 4.79 Å². The van der Waals surface area contributed by atoms with Crippen LogP contribution in [0.3, 0.4) is 0 Å². The molecule has 0 aliphatic heterocycles. The molecule has 0 aliphatic carbocycles. The Morgan fingerprint density at radius 3 is 2.47 bits per heavy atom. The van der Waals surface area contributed by atoms with Gasteiger partial charge in [-0.15, -0.1) is 6.58 Å². The summed E-state index contributed by atoms with van der Waals surface area (Å²) in [6, 6.07) is 7.95. The van der Waals surface area contributed by atoms with Gasteiger partial charge in [-0.25, -0.2) is 4.79 Å². The summed E-state index contributed by atoms with van der Waals surface area (Å²) in [6.45, 7) is 7.14. The van der Waals surface area contributed by atoms with Crippen LogP contribution in [0.1, 0.15) is 16.8 Å². The van der Waals surface area contributed by atoms with E-state index in [0.29, 0.717) is 12.0 Å². The quantitative estimate of drug-likeness (QED) is 0.602. The number of ether oxygens (including phenoxy) is 1. The Morgan fingerprint density at radius 1 is 1.21 bits per heavy atom. The number of amides is 1. The topological polar surface area (TPSA) is 55.4 Å². The van der Waals surface area contributed by atoms with Crippen molar-refractivity contribution in [1.29, 1.82) is 0 Å². The minimum absolute atomic E-state index is 0.119. The standard InChI is InChI=1S/C15H17NO3/c1-3-8-13(15(18)19-11-4-2)16-14(17)12-9-6-5-7-10-12/h3-7,9-10,13H,1-2,8,11H2,(H,16,17)/t13-/m0/s1. The first kappa shape index (κ1) is 14.7. The molecule has 0 aliphatic rings. The monoisotopic (exact) mass is 259 g/mol. The van der Waals surface area contributed by atoms with E-state index in [9.17, 15) is 9.59 Å². The molecule has 4 nitrogen and oxygen atoms in total. The van der Waals surface area contributed by atoms with Gasteiger partial charge >= 0.3 is 5.97 Å². The summed E-state index contributed by atoms with van der Waals surface area (Å²) < 4.78 is 4.92. The lowest BCUT2D eigenvalue weighted by molar-refractivity contribution is -0.144. The highest BCUT2D eigenvalue weighted by molar-refractivity contribution is 5.96. The third kappa shape index (κ3) is 4.79. The van der Waals surface area contributed by atoms with Crippen molar-refractivity contribution < 1.29 is 14.3 Å². The molecule has 19 heavy (non-hydrogen) atoms. The maximum absolute atomic E-state index is 11.9. The summed E-state index contributed by atoms with van der Waals surface area (Å²) in [5.41, 5.74) is 0.494. The van der Waals surface area contributed by atoms with Crippen LogP contribution < -0.4 is 5.32 Å². The Morgan fingerprint density at radius 2 is 1.89 bits per heavy atom. The van der Waals surface area contributed by atoms with Gasteiger partial charge < -0.3 is 10.1 Å². The van der Waals surface area contributed by atoms with E-state index in [1.54, 1.807) is 30.3 Å². The summed E-state index contributed by atoms with van der Waals surface area (Å²) >= 11 is 0. The molecular weight excluding hydrogens is 242 g/mol. The molecule has 0 unspecified atom stereocenters. The van der Waals surface area contributed by atoms with Crippen molar-refractivity contribution >= 4 is 11.9 Å². The predicted octanol–water partition coefficient (Wildman–Crippen LogP) is 2.09. The molecule has 1 aromatic carbocycles. The van der Waals surface area contributed by atoms with Gasteiger partial charge in [-0.05, 0) is 18.6 Å². The smallest absolute Gasteiger partial charge is 0.329 e. The SMILES string of the molecule is C=CCOC(=O)[C@H](CC=C)NC(=O)c1ccccc1. The maximum atomic E-state index is 11.9. The van der Waals surface area contributed by atoms with E-state index >= 15 is 0 Å². The van der Waals surface area contributed by atoms with E-state index in [1.165, 1.54) is 6.08 Å². The van der Waals surface area contributed by atoms with Crippen LogP contribution in [0.15, 0.2) is 55.6 Å². The normalized spacial score (nSPS) is 11.2. The number of nitrogens with one attached hydrogen (secondary N) is 1. The Labute approximate surface area is 112 Å². The minimum Gasteiger partial charge on any atom is -0.460 e. The molecule has 1 amide bonds. The molecular formula is C15H17NO3. The molecule has 1 atom stereocenters. The van der Waals surface area contributed by atoms with Crippen LogP contribution in [0.2, 0.25) is 0 Å². The van der Waals surface area contributed by atoms with E-state index in [0.717, 1.165) is 0 Å². The van der Waals surface area contributed by atoms with E-state index < -0.39 is 12.0 Å². The first-order valence-corrected chi connectivity index (χ1v) is 5.93. The van der Waals surface area contributed by atoms with Crippen molar-refractivity contribution in [3.63, 3.8) is 0 Å². The van der Waals surface area contributed by atoms with Gasteiger partial charge in [0.1, 0.15) is 12.6 Å². The second kappa shape index (κ2) is 7.87. The number of benzene rings is 1. The third-order valence-corrected chi connectivity index (χ3v) is 2.37. The molecule has 0 saturated heterocycles. The summed E-state index contributed by atoms with van der Waals surface area (Å²) in [6.07, 6.45) is 3.35. The molecule has 0 spiro atoms. The third-order valence-electron chi connectivity index (χ3n) is 2.37. The Kier molecular flexibility index (Phi) is 6.09. The molecule has 0 radical (unpaired) electrons. The van der Waals surface area contributed by atoms with Crippen molar-refractivity contribution in [2.75, 3.05) is 6.61 Å². The van der Waals surface area contributed by atoms with E-state index in [4.69, 9.17) is 4.74 Å². The van der Waals surface area contributed by atoms with Crippen molar-refractivity contribution in [3.8, 4) is 0 Å². The maximum Gasteiger partial charge on any atom is 0.329 e. The van der Waals surface area contributed by atoms with Gasteiger partial charge in [0, 0.05) is 5.56 Å². The van der Waals surface area contributed by atoms with Gasteiger partial charge in [0.05, 0.1) is 0 Å². The zero-order chi connectivity index (χ0) is 14.1. The van der Waals surface area contributed by atoms with E-state index in [2.05, 4.69) is 18.5 Å². The fraction of sp³-hybridized carbons (Fsp3) is 0.200. The zero-order valence-electron chi connectivity index (χ0n) is 10.7. The molecule has 0 saturated carbocycles. The Balaban J connectivity index is 2.67. The average Bonchev–Trinajstić information content (AvgIpc) is 2.45. The fourth-order valence-electron chi connectivity index (χ4n) is 1.45. The van der Waals surface area contributed by atoms with Gasteiger partial charge in [0.25, 0.3) is 5.91 Å². The molecule has 1 aromatic rings. The van der Waals surface area contributed by atoms with Gasteiger partial charge in [0.2, 0.25) is 0 Å². The molecule has 0 heterocycles. The van der Waals surface area contributed by atoms with Gasteiger partial charge in [-0.1, -0.05) is 36.9 Å². The lowest BCUT2D eigenvalue weighted by Crippen LogP contribution is -2.41. The fourth-order valence-corrected chi connectivity index (χ4v) is 1.45. The van der Waals surface area contributed by atoms with Crippen LogP contribution in [0.5, 0.6) is 0 Å². The summed E-state index contributed by atoms with van der Waals surface area (Å²) in [5, 5.41) is 2.62. The predicted molar refractivity (Wildman–Crippen MR) is 73.7 cm³/mol. The number of carbonyl (C=O) groups excluding carboxylic acids is 2. The number of carbonyl (C=O) groups is 2. The van der Waals surface area contributed by atoms with Crippen LogP contribution in [-0.4, -0.2) is 24.5 Å². The molecule has 100 valence electrons. The lowest BCUT2D eigenvalue weighted by Gasteiger charge is -2.15. The lowest BCUT2D eigenvalue weighted by atomic mass is 10.1. The average molecular weight is 259 g/mol. The van der Waals surface area contributed by atoms with Crippen LogP contribution in [0, 0.1) is 0 Å². The highest BCUT2D eigenvalue weighted by Gasteiger charge is 2.21. The first-order valence-electron chi connectivity index (χ1n) is 5.93. The second-order valence-corrected chi connectivity index (χ2v) is 3.84. The van der Waals surface area contributed by atoms with E-state index in [1.807, 2.05) is 6.07 Å². The minimum atomic E-state index is -0.731. The number of esters is 1. The zero-order valence-corrected chi connectivity index (χ0v) is 10.7. The second-order valence-electron chi connectivity index (χ2n) is 3.84. The Hall–Kier alpha value is -2.36. The highest BCUT2D eigenvalue weighted by atomic mass is 16.5. The molecule has 0 aromatic heterocycles. The summed E-state index contributed by atoms with van der Waals surface area (Å²) in [4.78, 5) is 23.7. The first-order chi connectivity index (χ1) is 9.19. The largest absolute Gasteiger partial charge is 0.460 e. The van der Waals surface area contributed by atoms with Crippen molar-refractivity contribution in [2.45, 2.75) is 12.5 Å². The van der Waals surface area contributed by atoms with Crippen molar-refractivity contribution in [2.24, 2.45) is 0 Å². The number of rotatable bonds is 7. The molecule has 1 N–H and O–H groups in total. The highest BCUT2D eigenvalue weighted by Crippen LogP contribution is 2.02. The molecule has 4 heteroatoms. The van der Waals surface area contributed by atoms with Crippen molar-refractivity contribution in [1.82, 2.24) is 5.32 Å². The number of hydrogen-bond acceptors (Lipinski definition) is 3. The van der Waals surface area contributed by atoms with Crippen molar-refractivity contribution in [3.05, 3.63) is 61.2 Å². The van der Waals surface area contributed by atoms with Gasteiger partial charge in [0.15, 0.2) is 0 Å². The molecule has 0 fully saturated rings. The molecule has 0 bridgehead atoms. The van der Waals surface area contributed by atoms with Crippen LogP contribution in [0.25, 0.3) is 0 Å². The van der Waals surface area contributed by atoms with Crippen LogP contribution >= 0.6 is 0 Å². The van der Waals surface area contributed by atoms with E-state index in [-0.39, 0.29) is 12.5 Å². The van der Waals surface area contributed by atoms with Crippen LogP contribution in [-0.2, 0) is 9.53 Å². The summed E-state index contributed by atoms with van der Waals surface area (Å²) in [5.74, 6) is -0.813. The Bertz CT molecular complexity index is 454. The van der Waals surface area contributed by atoms with Gasteiger partial charge in [-0.2, -0.15) is 0 Å². The molecule has 1 rings (SSSR count). The summed E-state index contributed by atoms with van der Waals surface area (Å²) in [7, 11) is 0.